The van der Waals surface area contributed by atoms with Crippen LogP contribution >= 0.6 is 11.6 Å². The van der Waals surface area contributed by atoms with E-state index in [1.165, 1.54) is 12.1 Å². The molecule has 0 spiro atoms. The first kappa shape index (κ1) is 18.8. The van der Waals surface area contributed by atoms with Crippen LogP contribution in [-0.2, 0) is 11.2 Å². The predicted molar refractivity (Wildman–Crippen MR) is 98.3 cm³/mol. The van der Waals surface area contributed by atoms with Crippen LogP contribution in [0.25, 0.3) is 11.1 Å². The van der Waals surface area contributed by atoms with E-state index >= 15 is 0 Å². The van der Waals surface area contributed by atoms with Crippen molar-refractivity contribution in [2.24, 2.45) is 5.41 Å². The summed E-state index contributed by atoms with van der Waals surface area (Å²) in [5.41, 5.74) is 1.28. The number of halogens is 2. The number of nitrogens with one attached hydrogen (secondary N) is 1. The zero-order chi connectivity index (χ0) is 18.7. The Morgan fingerprint density at radius 3 is 2.58 bits per heavy atom. The molecule has 1 amide bonds. The summed E-state index contributed by atoms with van der Waals surface area (Å²) in [5.74, 6) is -0.543. The summed E-state index contributed by atoms with van der Waals surface area (Å²) in [5, 5.41) is 22.1. The first-order valence-corrected chi connectivity index (χ1v) is 8.92. The molecule has 26 heavy (non-hydrogen) atoms. The molecule has 6 heteroatoms. The van der Waals surface area contributed by atoms with Gasteiger partial charge in [0.2, 0.25) is 5.91 Å². The van der Waals surface area contributed by atoms with Gasteiger partial charge in [0, 0.05) is 23.2 Å². The van der Waals surface area contributed by atoms with Gasteiger partial charge in [-0.1, -0.05) is 35.9 Å². The number of amides is 1. The summed E-state index contributed by atoms with van der Waals surface area (Å²) in [7, 11) is 0. The average molecular weight is 378 g/mol. The molecule has 0 aromatic heterocycles. The lowest BCUT2D eigenvalue weighted by molar-refractivity contribution is -0.130. The highest BCUT2D eigenvalue weighted by Crippen LogP contribution is 2.34. The van der Waals surface area contributed by atoms with E-state index < -0.39 is 5.41 Å². The van der Waals surface area contributed by atoms with Crippen molar-refractivity contribution in [2.45, 2.75) is 25.3 Å². The zero-order valence-corrected chi connectivity index (χ0v) is 15.0. The van der Waals surface area contributed by atoms with E-state index in [1.807, 2.05) is 24.3 Å². The van der Waals surface area contributed by atoms with Crippen molar-refractivity contribution in [3.8, 4) is 11.1 Å². The van der Waals surface area contributed by atoms with Crippen molar-refractivity contribution in [1.82, 2.24) is 5.32 Å². The maximum atomic E-state index is 14.0. The normalized spacial score (nSPS) is 22.5. The molecule has 1 heterocycles. The van der Waals surface area contributed by atoms with E-state index in [-0.39, 0.29) is 37.4 Å². The number of rotatable bonds is 6. The van der Waals surface area contributed by atoms with Crippen LogP contribution in [0, 0.1) is 11.2 Å². The van der Waals surface area contributed by atoms with Crippen LogP contribution in [0.1, 0.15) is 18.4 Å². The van der Waals surface area contributed by atoms with E-state index in [0.717, 1.165) is 11.1 Å². The summed E-state index contributed by atoms with van der Waals surface area (Å²) in [6, 6.07) is 11.8. The fraction of sp³-hybridized carbons (Fsp3) is 0.350. The first-order chi connectivity index (χ1) is 12.5. The summed E-state index contributed by atoms with van der Waals surface area (Å²) in [6.07, 6.45) is 1.34. The van der Waals surface area contributed by atoms with Gasteiger partial charge in [0.25, 0.3) is 0 Å². The van der Waals surface area contributed by atoms with Gasteiger partial charge in [-0.15, -0.1) is 0 Å². The molecule has 1 aliphatic rings. The van der Waals surface area contributed by atoms with Gasteiger partial charge in [0.1, 0.15) is 5.82 Å². The van der Waals surface area contributed by atoms with Gasteiger partial charge in [-0.25, -0.2) is 4.39 Å². The SMILES string of the molecule is O=C1NC(Cc2ccc(-c3cc(Cl)ccc3F)cc2)CC1(CO)CCO. The molecule has 4 nitrogen and oxygen atoms in total. The quantitative estimate of drug-likeness (QED) is 0.725. The molecule has 2 atom stereocenters. The standard InChI is InChI=1S/C20H21ClFNO3/c21-15-5-6-18(22)17(10-15)14-3-1-13(2-4-14)9-16-11-20(12-25,7-8-24)19(26)23-16/h1-6,10,16,24-25H,7-9,11-12H2,(H,23,26). The molecular formula is C20H21ClFNO3. The number of aliphatic hydroxyl groups excluding tert-OH is 2. The van der Waals surface area contributed by atoms with E-state index in [2.05, 4.69) is 5.32 Å². The lowest BCUT2D eigenvalue weighted by Crippen LogP contribution is -2.36. The Morgan fingerprint density at radius 2 is 1.92 bits per heavy atom. The third kappa shape index (κ3) is 3.75. The van der Waals surface area contributed by atoms with Crippen molar-refractivity contribution < 1.29 is 19.4 Å². The maximum Gasteiger partial charge on any atom is 0.228 e. The second-order valence-corrected chi connectivity index (χ2v) is 7.25. The van der Waals surface area contributed by atoms with Crippen molar-refractivity contribution in [3.63, 3.8) is 0 Å². The van der Waals surface area contributed by atoms with Gasteiger partial charge in [-0.05, 0) is 48.6 Å². The van der Waals surface area contributed by atoms with Gasteiger partial charge in [0.15, 0.2) is 0 Å². The molecule has 0 radical (unpaired) electrons. The van der Waals surface area contributed by atoms with Crippen molar-refractivity contribution in [1.29, 1.82) is 0 Å². The minimum Gasteiger partial charge on any atom is -0.396 e. The number of carbonyl (C=O) groups is 1. The predicted octanol–water partition coefficient (Wildman–Crippen LogP) is 2.94. The zero-order valence-electron chi connectivity index (χ0n) is 14.2. The van der Waals surface area contributed by atoms with Crippen LogP contribution in [-0.4, -0.2) is 35.4 Å². The molecule has 1 saturated heterocycles. The second kappa shape index (κ2) is 7.74. The lowest BCUT2D eigenvalue weighted by Gasteiger charge is -2.22. The summed E-state index contributed by atoms with van der Waals surface area (Å²) >= 11 is 5.95. The monoisotopic (exact) mass is 377 g/mol. The van der Waals surface area contributed by atoms with E-state index in [4.69, 9.17) is 16.7 Å². The Bertz CT molecular complexity index is 796. The number of aliphatic hydroxyl groups is 2. The smallest absolute Gasteiger partial charge is 0.228 e. The Morgan fingerprint density at radius 1 is 1.19 bits per heavy atom. The van der Waals surface area contributed by atoms with E-state index in [9.17, 15) is 14.3 Å². The Kier molecular flexibility index (Phi) is 5.61. The number of carbonyl (C=O) groups excluding carboxylic acids is 1. The first-order valence-electron chi connectivity index (χ1n) is 8.54. The van der Waals surface area contributed by atoms with Crippen LogP contribution in [0.5, 0.6) is 0 Å². The summed E-state index contributed by atoms with van der Waals surface area (Å²) < 4.78 is 14.0. The highest BCUT2D eigenvalue weighted by molar-refractivity contribution is 6.30. The molecule has 0 bridgehead atoms. The number of hydrogen-bond acceptors (Lipinski definition) is 3. The second-order valence-electron chi connectivity index (χ2n) is 6.81. The number of hydrogen-bond donors (Lipinski definition) is 3. The van der Waals surface area contributed by atoms with Gasteiger partial charge < -0.3 is 15.5 Å². The third-order valence-electron chi connectivity index (χ3n) is 5.02. The third-order valence-corrected chi connectivity index (χ3v) is 5.26. The van der Waals surface area contributed by atoms with Crippen LogP contribution < -0.4 is 5.32 Å². The van der Waals surface area contributed by atoms with E-state index in [1.54, 1.807) is 6.07 Å². The molecule has 2 unspecified atom stereocenters. The van der Waals surface area contributed by atoms with Crippen molar-refractivity contribution >= 4 is 17.5 Å². The minimum atomic E-state index is -0.900. The Labute approximate surface area is 156 Å². The highest BCUT2D eigenvalue weighted by atomic mass is 35.5. The molecular weight excluding hydrogens is 357 g/mol. The summed E-state index contributed by atoms with van der Waals surface area (Å²) in [4.78, 5) is 12.2. The van der Waals surface area contributed by atoms with Crippen LogP contribution in [0.15, 0.2) is 42.5 Å². The summed E-state index contributed by atoms with van der Waals surface area (Å²) in [6.45, 7) is -0.413. The number of benzene rings is 2. The van der Waals surface area contributed by atoms with Gasteiger partial charge >= 0.3 is 0 Å². The molecule has 2 aromatic carbocycles. The van der Waals surface area contributed by atoms with Gasteiger partial charge in [0.05, 0.1) is 12.0 Å². The maximum absolute atomic E-state index is 14.0. The Balaban J connectivity index is 1.72. The molecule has 0 aliphatic carbocycles. The molecule has 2 aromatic rings. The molecule has 138 valence electrons. The van der Waals surface area contributed by atoms with Gasteiger partial charge in [-0.3, -0.25) is 4.79 Å². The molecule has 3 N–H and O–H groups in total. The topological polar surface area (TPSA) is 69.6 Å². The van der Waals surface area contributed by atoms with E-state index in [0.29, 0.717) is 23.4 Å². The van der Waals surface area contributed by atoms with Crippen LogP contribution in [0.3, 0.4) is 0 Å². The van der Waals surface area contributed by atoms with Crippen molar-refractivity contribution in [3.05, 3.63) is 58.9 Å². The fourth-order valence-electron chi connectivity index (χ4n) is 3.55. The highest BCUT2D eigenvalue weighted by Gasteiger charge is 2.45. The largest absolute Gasteiger partial charge is 0.396 e. The molecule has 1 aliphatic heterocycles. The van der Waals surface area contributed by atoms with Crippen LogP contribution in [0.4, 0.5) is 4.39 Å². The Hall–Kier alpha value is -1.95. The minimum absolute atomic E-state index is 0.102. The fourth-order valence-corrected chi connectivity index (χ4v) is 3.72. The molecule has 1 fully saturated rings. The van der Waals surface area contributed by atoms with Crippen molar-refractivity contribution in [2.75, 3.05) is 13.2 Å². The lowest BCUT2D eigenvalue weighted by atomic mass is 9.81. The van der Waals surface area contributed by atoms with Gasteiger partial charge in [-0.2, -0.15) is 0 Å². The molecule has 3 rings (SSSR count). The average Bonchev–Trinajstić information content (AvgIpc) is 2.94. The molecule has 0 saturated carbocycles. The van der Waals surface area contributed by atoms with Crippen LogP contribution in [0.2, 0.25) is 5.02 Å².